The number of hydrogen-bond acceptors (Lipinski definition) is 2. The molecule has 5 nitrogen and oxygen atoms in total. The van der Waals surface area contributed by atoms with Crippen LogP contribution in [0.5, 0.6) is 0 Å². The van der Waals surface area contributed by atoms with E-state index >= 15 is 0 Å². The molecule has 0 aromatic heterocycles. The van der Waals surface area contributed by atoms with Gasteiger partial charge in [-0.25, -0.2) is 14.0 Å². The molecule has 0 atom stereocenters. The first-order valence-electron chi connectivity index (χ1n) is 6.24. The Kier molecular flexibility index (Phi) is 6.22. The number of carboxylic acids is 1. The molecule has 0 aliphatic carbocycles. The summed E-state index contributed by atoms with van der Waals surface area (Å²) < 4.78 is 13.6. The summed E-state index contributed by atoms with van der Waals surface area (Å²) in [5, 5.41) is 13.7. The molecule has 6 heteroatoms. The number of aliphatic carboxylic acids is 1. The van der Waals surface area contributed by atoms with Crippen LogP contribution in [0, 0.1) is 5.82 Å². The third-order valence-electron chi connectivity index (χ3n) is 2.46. The van der Waals surface area contributed by atoms with Gasteiger partial charge in [-0.2, -0.15) is 0 Å². The minimum atomic E-state index is -1.08. The van der Waals surface area contributed by atoms with Gasteiger partial charge in [-0.1, -0.05) is 13.0 Å². The monoisotopic (exact) mass is 280 g/mol. The Morgan fingerprint density at radius 2 is 2.10 bits per heavy atom. The maximum absolute atomic E-state index is 13.6. The van der Waals surface area contributed by atoms with E-state index in [1.54, 1.807) is 0 Å². The van der Waals surface area contributed by atoms with Crippen molar-refractivity contribution in [2.75, 3.05) is 6.54 Å². The average Bonchev–Trinajstić information content (AvgIpc) is 2.42. The van der Waals surface area contributed by atoms with Crippen LogP contribution in [0.3, 0.4) is 0 Å². The van der Waals surface area contributed by atoms with Gasteiger partial charge >= 0.3 is 12.0 Å². The molecule has 0 saturated heterocycles. The molecular weight excluding hydrogens is 263 g/mol. The Morgan fingerprint density at radius 1 is 1.35 bits per heavy atom. The zero-order valence-corrected chi connectivity index (χ0v) is 11.1. The van der Waals surface area contributed by atoms with Crippen molar-refractivity contribution in [2.45, 2.75) is 19.9 Å². The normalized spacial score (nSPS) is 10.5. The van der Waals surface area contributed by atoms with E-state index < -0.39 is 11.8 Å². The highest BCUT2D eigenvalue weighted by molar-refractivity contribution is 5.85. The summed E-state index contributed by atoms with van der Waals surface area (Å²) >= 11 is 0. The van der Waals surface area contributed by atoms with Crippen molar-refractivity contribution < 1.29 is 19.1 Å². The summed E-state index contributed by atoms with van der Waals surface area (Å²) in [7, 11) is 0. The summed E-state index contributed by atoms with van der Waals surface area (Å²) in [6.07, 6.45) is 3.15. The summed E-state index contributed by atoms with van der Waals surface area (Å²) in [5.74, 6) is -1.53. The molecule has 0 aliphatic heterocycles. The second kappa shape index (κ2) is 7.93. The lowest BCUT2D eigenvalue weighted by atomic mass is 10.1. The van der Waals surface area contributed by atoms with Crippen molar-refractivity contribution in [3.8, 4) is 0 Å². The van der Waals surface area contributed by atoms with Crippen LogP contribution >= 0.6 is 0 Å². The van der Waals surface area contributed by atoms with E-state index in [-0.39, 0.29) is 12.6 Å². The van der Waals surface area contributed by atoms with E-state index in [9.17, 15) is 14.0 Å². The quantitative estimate of drug-likeness (QED) is 0.698. The Morgan fingerprint density at radius 3 is 2.75 bits per heavy atom. The standard InChI is InChI=1S/C14H17FN2O3/c1-2-7-16-14(20)17-9-11-8-10(3-5-12(11)15)4-6-13(18)19/h3-6,8H,2,7,9H2,1H3,(H,18,19)(H2,16,17,20). The van der Waals surface area contributed by atoms with E-state index in [1.807, 2.05) is 6.92 Å². The zero-order valence-electron chi connectivity index (χ0n) is 11.1. The first kappa shape index (κ1) is 15.7. The number of amides is 2. The number of urea groups is 1. The summed E-state index contributed by atoms with van der Waals surface area (Å²) in [5.41, 5.74) is 0.851. The summed E-state index contributed by atoms with van der Waals surface area (Å²) in [4.78, 5) is 21.8. The molecule has 0 saturated carbocycles. The molecule has 0 heterocycles. The number of rotatable bonds is 6. The third-order valence-corrected chi connectivity index (χ3v) is 2.46. The third kappa shape index (κ3) is 5.51. The first-order chi connectivity index (χ1) is 9.52. The van der Waals surface area contributed by atoms with Crippen LogP contribution in [0.4, 0.5) is 9.18 Å². The topological polar surface area (TPSA) is 78.4 Å². The Balaban J connectivity index is 2.67. The molecule has 1 aromatic carbocycles. The largest absolute Gasteiger partial charge is 0.478 e. The highest BCUT2D eigenvalue weighted by Gasteiger charge is 2.05. The zero-order chi connectivity index (χ0) is 15.0. The van der Waals surface area contributed by atoms with Crippen LogP contribution in [0.15, 0.2) is 24.3 Å². The number of hydrogen-bond donors (Lipinski definition) is 3. The number of halogens is 1. The number of nitrogens with one attached hydrogen (secondary N) is 2. The second-order valence-corrected chi connectivity index (χ2v) is 4.13. The number of carbonyl (C=O) groups is 2. The lowest BCUT2D eigenvalue weighted by Crippen LogP contribution is -2.35. The fourth-order valence-electron chi connectivity index (χ4n) is 1.48. The molecular formula is C14H17FN2O3. The molecule has 1 aromatic rings. The smallest absolute Gasteiger partial charge is 0.328 e. The maximum Gasteiger partial charge on any atom is 0.328 e. The number of benzene rings is 1. The van der Waals surface area contributed by atoms with Gasteiger partial charge in [0.25, 0.3) is 0 Å². The molecule has 0 fully saturated rings. The van der Waals surface area contributed by atoms with Crippen LogP contribution in [0.1, 0.15) is 24.5 Å². The van der Waals surface area contributed by atoms with Gasteiger partial charge in [0.1, 0.15) is 5.82 Å². The van der Waals surface area contributed by atoms with Crippen LogP contribution in [-0.4, -0.2) is 23.7 Å². The molecule has 0 bridgehead atoms. The van der Waals surface area contributed by atoms with Gasteiger partial charge in [-0.05, 0) is 30.2 Å². The van der Waals surface area contributed by atoms with Gasteiger partial charge in [-0.15, -0.1) is 0 Å². The molecule has 0 radical (unpaired) electrons. The van der Waals surface area contributed by atoms with Crippen molar-refractivity contribution in [3.63, 3.8) is 0 Å². The van der Waals surface area contributed by atoms with Gasteiger partial charge in [0.05, 0.1) is 0 Å². The van der Waals surface area contributed by atoms with Crippen LogP contribution in [0.2, 0.25) is 0 Å². The molecule has 0 aliphatic rings. The maximum atomic E-state index is 13.6. The Hall–Kier alpha value is -2.37. The highest BCUT2D eigenvalue weighted by atomic mass is 19.1. The highest BCUT2D eigenvalue weighted by Crippen LogP contribution is 2.12. The van der Waals surface area contributed by atoms with Crippen LogP contribution in [0.25, 0.3) is 6.08 Å². The minimum absolute atomic E-state index is 0.0378. The van der Waals surface area contributed by atoms with Crippen LogP contribution < -0.4 is 10.6 Å². The van der Waals surface area contributed by atoms with E-state index in [0.29, 0.717) is 17.7 Å². The Bertz CT molecular complexity index is 515. The van der Waals surface area contributed by atoms with E-state index in [1.165, 1.54) is 24.3 Å². The average molecular weight is 280 g/mol. The van der Waals surface area contributed by atoms with Crippen molar-refractivity contribution >= 4 is 18.1 Å². The lowest BCUT2D eigenvalue weighted by molar-refractivity contribution is -0.131. The van der Waals surface area contributed by atoms with Gasteiger partial charge in [0, 0.05) is 24.7 Å². The fraction of sp³-hybridized carbons (Fsp3) is 0.286. The number of carboxylic acid groups (broad SMARTS) is 1. The van der Waals surface area contributed by atoms with Gasteiger partial charge < -0.3 is 15.7 Å². The molecule has 0 spiro atoms. The predicted octanol–water partition coefficient (Wildman–Crippen LogP) is 2.13. The van der Waals surface area contributed by atoms with Gasteiger partial charge in [-0.3, -0.25) is 0 Å². The second-order valence-electron chi connectivity index (χ2n) is 4.13. The van der Waals surface area contributed by atoms with Crippen LogP contribution in [-0.2, 0) is 11.3 Å². The lowest BCUT2D eigenvalue weighted by Gasteiger charge is -2.08. The fourth-order valence-corrected chi connectivity index (χ4v) is 1.48. The van der Waals surface area contributed by atoms with Gasteiger partial charge in [0.15, 0.2) is 0 Å². The Labute approximate surface area is 116 Å². The first-order valence-corrected chi connectivity index (χ1v) is 6.24. The van der Waals surface area contributed by atoms with E-state index in [2.05, 4.69) is 10.6 Å². The SMILES string of the molecule is CCCNC(=O)NCc1cc(C=CC(=O)O)ccc1F. The van der Waals surface area contributed by atoms with E-state index in [0.717, 1.165) is 12.5 Å². The summed E-state index contributed by atoms with van der Waals surface area (Å²) in [6.45, 7) is 2.52. The summed E-state index contributed by atoms with van der Waals surface area (Å²) in [6, 6.07) is 3.84. The molecule has 108 valence electrons. The molecule has 20 heavy (non-hydrogen) atoms. The minimum Gasteiger partial charge on any atom is -0.478 e. The molecule has 2 amide bonds. The van der Waals surface area contributed by atoms with Gasteiger partial charge in [0.2, 0.25) is 0 Å². The van der Waals surface area contributed by atoms with Crippen molar-refractivity contribution in [1.29, 1.82) is 0 Å². The molecule has 0 unspecified atom stereocenters. The van der Waals surface area contributed by atoms with Crippen molar-refractivity contribution in [2.24, 2.45) is 0 Å². The van der Waals surface area contributed by atoms with Crippen molar-refractivity contribution in [3.05, 3.63) is 41.2 Å². The molecule has 3 N–H and O–H groups in total. The predicted molar refractivity (Wildman–Crippen MR) is 73.6 cm³/mol. The van der Waals surface area contributed by atoms with Crippen molar-refractivity contribution in [1.82, 2.24) is 10.6 Å². The van der Waals surface area contributed by atoms with E-state index in [4.69, 9.17) is 5.11 Å². The molecule has 1 rings (SSSR count). The number of carbonyl (C=O) groups excluding carboxylic acids is 1.